The average Bonchev–Trinajstić information content (AvgIpc) is 2.52. The molecular weight excluding hydrogens is 232 g/mol. The molecule has 1 N–H and O–H groups in total. The Morgan fingerprint density at radius 1 is 1.62 bits per heavy atom. The molecule has 0 radical (unpaired) electrons. The molecule has 1 saturated heterocycles. The molecule has 0 bridgehead atoms. The first-order valence-corrected chi connectivity index (χ1v) is 5.22. The lowest BCUT2D eigenvalue weighted by Crippen LogP contribution is -2.43. The molecule has 1 aromatic rings. The highest BCUT2D eigenvalue weighted by atomic mass is 79.9. The summed E-state index contributed by atoms with van der Waals surface area (Å²) in [6.07, 6.45) is 0. The highest BCUT2D eigenvalue weighted by Crippen LogP contribution is 2.22. The minimum absolute atomic E-state index is 0.338. The second-order valence-corrected chi connectivity index (χ2v) is 4.19. The molecule has 0 aromatic carbocycles. The second-order valence-electron chi connectivity index (χ2n) is 3.41. The topological polar surface area (TPSA) is 28.4 Å². The number of nitrogens with one attached hydrogen (secondary N) is 1. The SMILES string of the molecule is CN1CCNC(c2ccc(Br)o2)C1. The van der Waals surface area contributed by atoms with Gasteiger partial charge < -0.3 is 14.6 Å². The van der Waals surface area contributed by atoms with Gasteiger partial charge in [-0.25, -0.2) is 0 Å². The number of rotatable bonds is 1. The Labute approximate surface area is 86.2 Å². The number of piperazine rings is 1. The molecule has 3 nitrogen and oxygen atoms in total. The lowest BCUT2D eigenvalue weighted by atomic mass is 10.2. The lowest BCUT2D eigenvalue weighted by Gasteiger charge is -2.29. The van der Waals surface area contributed by atoms with Gasteiger partial charge in [-0.1, -0.05) is 0 Å². The van der Waals surface area contributed by atoms with Gasteiger partial charge in [0, 0.05) is 19.6 Å². The third-order valence-electron chi connectivity index (χ3n) is 2.32. The average molecular weight is 245 g/mol. The van der Waals surface area contributed by atoms with Crippen molar-refractivity contribution < 1.29 is 4.42 Å². The first-order chi connectivity index (χ1) is 6.25. The summed E-state index contributed by atoms with van der Waals surface area (Å²) in [6.45, 7) is 3.15. The second kappa shape index (κ2) is 3.82. The van der Waals surface area contributed by atoms with Gasteiger partial charge in [-0.15, -0.1) is 0 Å². The van der Waals surface area contributed by atoms with Crippen LogP contribution in [0, 0.1) is 0 Å². The first kappa shape index (κ1) is 9.24. The Morgan fingerprint density at radius 3 is 3.08 bits per heavy atom. The molecule has 0 aliphatic carbocycles. The van der Waals surface area contributed by atoms with Gasteiger partial charge in [0.15, 0.2) is 4.67 Å². The van der Waals surface area contributed by atoms with E-state index >= 15 is 0 Å². The van der Waals surface area contributed by atoms with E-state index < -0.39 is 0 Å². The Hall–Kier alpha value is -0.320. The highest BCUT2D eigenvalue weighted by Gasteiger charge is 2.20. The van der Waals surface area contributed by atoms with Crippen LogP contribution in [0.1, 0.15) is 11.8 Å². The van der Waals surface area contributed by atoms with Crippen LogP contribution in [0.5, 0.6) is 0 Å². The molecule has 13 heavy (non-hydrogen) atoms. The van der Waals surface area contributed by atoms with Gasteiger partial charge in [0.1, 0.15) is 5.76 Å². The lowest BCUT2D eigenvalue weighted by molar-refractivity contribution is 0.221. The standard InChI is InChI=1S/C9H13BrN2O/c1-12-5-4-11-7(6-12)8-2-3-9(10)13-8/h2-3,7,11H,4-6H2,1H3. The van der Waals surface area contributed by atoms with Crippen LogP contribution < -0.4 is 5.32 Å². The number of nitrogens with zero attached hydrogens (tertiary/aromatic N) is 1. The fourth-order valence-corrected chi connectivity index (χ4v) is 1.92. The zero-order valence-electron chi connectivity index (χ0n) is 7.59. The number of furan rings is 1. The van der Waals surface area contributed by atoms with Crippen molar-refractivity contribution in [1.29, 1.82) is 0 Å². The largest absolute Gasteiger partial charge is 0.453 e. The van der Waals surface area contributed by atoms with E-state index in [9.17, 15) is 0 Å². The van der Waals surface area contributed by atoms with Gasteiger partial charge in [-0.2, -0.15) is 0 Å². The van der Waals surface area contributed by atoms with Crippen molar-refractivity contribution in [3.63, 3.8) is 0 Å². The van der Waals surface area contributed by atoms with Gasteiger partial charge >= 0.3 is 0 Å². The van der Waals surface area contributed by atoms with E-state index in [0.717, 1.165) is 30.1 Å². The predicted octanol–water partition coefficient (Wildman–Crippen LogP) is 1.62. The Morgan fingerprint density at radius 2 is 2.46 bits per heavy atom. The summed E-state index contributed by atoms with van der Waals surface area (Å²) in [6, 6.07) is 4.29. The van der Waals surface area contributed by atoms with E-state index in [1.807, 2.05) is 12.1 Å². The molecular formula is C9H13BrN2O. The normalized spacial score (nSPS) is 24.9. The fraction of sp³-hybridized carbons (Fsp3) is 0.556. The zero-order chi connectivity index (χ0) is 9.26. The Bertz CT molecular complexity index is 287. The van der Waals surface area contributed by atoms with Gasteiger partial charge in [0.2, 0.25) is 0 Å². The summed E-state index contributed by atoms with van der Waals surface area (Å²) < 4.78 is 6.30. The van der Waals surface area contributed by atoms with Crippen LogP contribution in [0.2, 0.25) is 0 Å². The van der Waals surface area contributed by atoms with Crippen molar-refractivity contribution in [2.45, 2.75) is 6.04 Å². The molecule has 1 unspecified atom stereocenters. The highest BCUT2D eigenvalue weighted by molar-refractivity contribution is 9.10. The van der Waals surface area contributed by atoms with Gasteiger partial charge in [-0.05, 0) is 35.1 Å². The molecule has 1 atom stereocenters. The summed E-state index contributed by atoms with van der Waals surface area (Å²) in [5, 5.41) is 3.42. The molecule has 1 aliphatic heterocycles. The van der Waals surface area contributed by atoms with E-state index in [0.29, 0.717) is 6.04 Å². The zero-order valence-corrected chi connectivity index (χ0v) is 9.17. The molecule has 2 heterocycles. The van der Waals surface area contributed by atoms with Crippen molar-refractivity contribution in [1.82, 2.24) is 10.2 Å². The summed E-state index contributed by atoms with van der Waals surface area (Å²) in [7, 11) is 2.13. The number of halogens is 1. The Kier molecular flexibility index (Phi) is 2.71. The Balaban J connectivity index is 2.08. The third-order valence-corrected chi connectivity index (χ3v) is 2.74. The molecule has 0 amide bonds. The fourth-order valence-electron chi connectivity index (χ4n) is 1.60. The molecule has 1 aromatic heterocycles. The molecule has 72 valence electrons. The molecule has 0 spiro atoms. The van der Waals surface area contributed by atoms with E-state index in [4.69, 9.17) is 4.42 Å². The first-order valence-electron chi connectivity index (χ1n) is 4.43. The number of hydrogen-bond donors (Lipinski definition) is 1. The molecule has 2 rings (SSSR count). The van der Waals surface area contributed by atoms with E-state index in [-0.39, 0.29) is 0 Å². The van der Waals surface area contributed by atoms with Gasteiger partial charge in [0.25, 0.3) is 0 Å². The number of hydrogen-bond acceptors (Lipinski definition) is 3. The molecule has 1 fully saturated rings. The van der Waals surface area contributed by atoms with Crippen molar-refractivity contribution in [3.8, 4) is 0 Å². The van der Waals surface area contributed by atoms with Crippen LogP contribution in [0.3, 0.4) is 0 Å². The minimum atomic E-state index is 0.338. The third kappa shape index (κ3) is 2.13. The van der Waals surface area contributed by atoms with Crippen LogP contribution >= 0.6 is 15.9 Å². The van der Waals surface area contributed by atoms with Crippen molar-refractivity contribution in [3.05, 3.63) is 22.6 Å². The van der Waals surface area contributed by atoms with E-state index in [2.05, 4.69) is 33.2 Å². The van der Waals surface area contributed by atoms with Crippen molar-refractivity contribution in [2.24, 2.45) is 0 Å². The van der Waals surface area contributed by atoms with Crippen LogP contribution in [0.25, 0.3) is 0 Å². The summed E-state index contributed by atoms with van der Waals surface area (Å²) in [5.74, 6) is 1.01. The maximum atomic E-state index is 5.50. The smallest absolute Gasteiger partial charge is 0.169 e. The predicted molar refractivity (Wildman–Crippen MR) is 54.6 cm³/mol. The van der Waals surface area contributed by atoms with Crippen LogP contribution in [-0.2, 0) is 0 Å². The van der Waals surface area contributed by atoms with Crippen molar-refractivity contribution >= 4 is 15.9 Å². The maximum absolute atomic E-state index is 5.50. The van der Waals surface area contributed by atoms with Gasteiger partial charge in [-0.3, -0.25) is 0 Å². The van der Waals surface area contributed by atoms with E-state index in [1.54, 1.807) is 0 Å². The quantitative estimate of drug-likeness (QED) is 0.814. The van der Waals surface area contributed by atoms with Gasteiger partial charge in [0.05, 0.1) is 6.04 Å². The maximum Gasteiger partial charge on any atom is 0.169 e. The van der Waals surface area contributed by atoms with Crippen molar-refractivity contribution in [2.75, 3.05) is 26.7 Å². The van der Waals surface area contributed by atoms with Crippen LogP contribution in [0.15, 0.2) is 21.2 Å². The number of likely N-dealkylation sites (N-methyl/N-ethyl adjacent to an activating group) is 1. The summed E-state index contributed by atoms with van der Waals surface area (Å²) in [5.41, 5.74) is 0. The van der Waals surface area contributed by atoms with Crippen LogP contribution in [0.4, 0.5) is 0 Å². The van der Waals surface area contributed by atoms with Crippen LogP contribution in [-0.4, -0.2) is 31.6 Å². The minimum Gasteiger partial charge on any atom is -0.453 e. The van der Waals surface area contributed by atoms with E-state index in [1.165, 1.54) is 0 Å². The molecule has 4 heteroatoms. The summed E-state index contributed by atoms with van der Waals surface area (Å²) in [4.78, 5) is 2.30. The molecule has 0 saturated carbocycles. The molecule has 1 aliphatic rings. The summed E-state index contributed by atoms with van der Waals surface area (Å²) >= 11 is 3.31. The monoisotopic (exact) mass is 244 g/mol.